The summed E-state index contributed by atoms with van der Waals surface area (Å²) in [5.74, 6) is 0.170. The van der Waals surface area contributed by atoms with Crippen molar-refractivity contribution in [3.8, 4) is 0 Å². The van der Waals surface area contributed by atoms with Crippen LogP contribution >= 0.6 is 11.3 Å². The average Bonchev–Trinajstić information content (AvgIpc) is 3.05. The summed E-state index contributed by atoms with van der Waals surface area (Å²) in [6, 6.07) is 4.95. The Morgan fingerprint density at radius 1 is 1.20 bits per heavy atom. The van der Waals surface area contributed by atoms with Gasteiger partial charge in [0, 0.05) is 24.2 Å². The minimum atomic E-state index is -0.494. The van der Waals surface area contributed by atoms with Crippen LogP contribution < -0.4 is 10.6 Å². The second kappa shape index (κ2) is 7.60. The molecule has 8 heteroatoms. The van der Waals surface area contributed by atoms with Gasteiger partial charge in [-0.1, -0.05) is 6.92 Å². The van der Waals surface area contributed by atoms with E-state index in [1.807, 2.05) is 0 Å². The second-order valence-electron chi connectivity index (χ2n) is 6.10. The number of halogens is 1. The fourth-order valence-corrected chi connectivity index (χ4v) is 3.28. The number of carbonyl (C=O) groups is 2. The molecular weight excluding hydrogens is 343 g/mol. The molecule has 3 amide bonds. The van der Waals surface area contributed by atoms with Crippen molar-refractivity contribution in [2.45, 2.75) is 19.8 Å². The summed E-state index contributed by atoms with van der Waals surface area (Å²) in [5.41, 5.74) is 0.811. The van der Waals surface area contributed by atoms with Crippen LogP contribution in [0.5, 0.6) is 0 Å². The number of nitrogens with zero attached hydrogens (tertiary/aromatic N) is 2. The number of urea groups is 1. The van der Waals surface area contributed by atoms with E-state index in [-0.39, 0.29) is 11.7 Å². The number of hydrogen-bond donors (Lipinski definition) is 2. The second-order valence-corrected chi connectivity index (χ2v) is 6.96. The maximum absolute atomic E-state index is 12.9. The van der Waals surface area contributed by atoms with Crippen LogP contribution in [0.15, 0.2) is 29.6 Å². The van der Waals surface area contributed by atoms with Gasteiger partial charge in [0.25, 0.3) is 5.91 Å². The Morgan fingerprint density at radius 3 is 2.56 bits per heavy atom. The molecule has 0 saturated carbocycles. The minimum Gasteiger partial charge on any atom is -0.337 e. The highest BCUT2D eigenvalue weighted by molar-refractivity contribution is 7.14. The zero-order valence-electron chi connectivity index (χ0n) is 13.8. The molecule has 1 aromatic carbocycles. The van der Waals surface area contributed by atoms with E-state index in [1.54, 1.807) is 10.3 Å². The Hall–Kier alpha value is -2.48. The summed E-state index contributed by atoms with van der Waals surface area (Å²) in [7, 11) is 0. The normalized spacial score (nSPS) is 15.0. The SMILES string of the molecule is CC1CCN(C(=O)c2csc(NC(=O)Nc3ccc(F)cc3)n2)CC1. The van der Waals surface area contributed by atoms with Gasteiger partial charge in [0.2, 0.25) is 0 Å². The number of anilines is 2. The molecule has 2 heterocycles. The van der Waals surface area contributed by atoms with Crippen molar-refractivity contribution in [2.75, 3.05) is 23.7 Å². The Kier molecular flexibility index (Phi) is 5.28. The van der Waals surface area contributed by atoms with E-state index < -0.39 is 6.03 Å². The molecule has 1 aliphatic heterocycles. The first kappa shape index (κ1) is 17.3. The number of hydrogen-bond acceptors (Lipinski definition) is 4. The quantitative estimate of drug-likeness (QED) is 0.872. The largest absolute Gasteiger partial charge is 0.337 e. The third-order valence-electron chi connectivity index (χ3n) is 4.12. The lowest BCUT2D eigenvalue weighted by molar-refractivity contribution is 0.0692. The molecule has 0 bridgehead atoms. The molecule has 1 aliphatic rings. The van der Waals surface area contributed by atoms with Crippen molar-refractivity contribution in [3.63, 3.8) is 0 Å². The Bertz CT molecular complexity index is 754. The van der Waals surface area contributed by atoms with Crippen LogP contribution in [0.3, 0.4) is 0 Å². The number of benzene rings is 1. The molecule has 0 aliphatic carbocycles. The lowest BCUT2D eigenvalue weighted by Crippen LogP contribution is -2.38. The van der Waals surface area contributed by atoms with Crippen molar-refractivity contribution in [2.24, 2.45) is 5.92 Å². The summed E-state index contributed by atoms with van der Waals surface area (Å²) >= 11 is 1.19. The van der Waals surface area contributed by atoms with Gasteiger partial charge in [-0.3, -0.25) is 10.1 Å². The lowest BCUT2D eigenvalue weighted by Gasteiger charge is -2.29. The van der Waals surface area contributed by atoms with Crippen LogP contribution in [0.4, 0.5) is 20.0 Å². The van der Waals surface area contributed by atoms with E-state index >= 15 is 0 Å². The first-order valence-corrected chi connectivity index (χ1v) is 8.97. The maximum atomic E-state index is 12.9. The van der Waals surface area contributed by atoms with Gasteiger partial charge in [-0.25, -0.2) is 14.2 Å². The number of rotatable bonds is 3. The highest BCUT2D eigenvalue weighted by atomic mass is 32.1. The third-order valence-corrected chi connectivity index (χ3v) is 4.87. The number of thiazole rings is 1. The smallest absolute Gasteiger partial charge is 0.325 e. The van der Waals surface area contributed by atoms with Crippen LogP contribution in [0, 0.1) is 11.7 Å². The van der Waals surface area contributed by atoms with Crippen LogP contribution in [-0.4, -0.2) is 34.9 Å². The number of piperidine rings is 1. The molecule has 1 saturated heterocycles. The number of carbonyl (C=O) groups excluding carboxylic acids is 2. The van der Waals surface area contributed by atoms with Gasteiger partial charge >= 0.3 is 6.03 Å². The molecule has 3 rings (SSSR count). The first-order valence-electron chi connectivity index (χ1n) is 8.09. The van der Waals surface area contributed by atoms with Gasteiger partial charge < -0.3 is 10.2 Å². The predicted molar refractivity (Wildman–Crippen MR) is 95.5 cm³/mol. The molecule has 2 aromatic rings. The summed E-state index contributed by atoms with van der Waals surface area (Å²) < 4.78 is 12.9. The fourth-order valence-electron chi connectivity index (χ4n) is 2.60. The van der Waals surface area contributed by atoms with Gasteiger partial charge in [-0.05, 0) is 43.0 Å². The fraction of sp³-hybridized carbons (Fsp3) is 0.353. The molecule has 0 radical (unpaired) electrons. The van der Waals surface area contributed by atoms with Gasteiger partial charge in [-0.2, -0.15) is 0 Å². The van der Waals surface area contributed by atoms with E-state index in [2.05, 4.69) is 22.5 Å². The van der Waals surface area contributed by atoms with Crippen LogP contribution in [0.25, 0.3) is 0 Å². The molecule has 0 atom stereocenters. The van der Waals surface area contributed by atoms with E-state index in [0.29, 0.717) is 22.4 Å². The van der Waals surface area contributed by atoms with Gasteiger partial charge in [0.1, 0.15) is 11.5 Å². The topological polar surface area (TPSA) is 74.3 Å². The van der Waals surface area contributed by atoms with E-state index in [0.717, 1.165) is 25.9 Å². The monoisotopic (exact) mass is 362 g/mol. The Balaban J connectivity index is 1.56. The van der Waals surface area contributed by atoms with Crippen molar-refractivity contribution >= 4 is 34.1 Å². The number of amides is 3. The number of aromatic nitrogens is 1. The molecule has 1 fully saturated rings. The number of likely N-dealkylation sites (tertiary alicyclic amines) is 1. The zero-order valence-corrected chi connectivity index (χ0v) is 14.6. The summed E-state index contributed by atoms with van der Waals surface area (Å²) in [6.45, 7) is 3.67. The number of nitrogens with one attached hydrogen (secondary N) is 2. The molecule has 132 valence electrons. The van der Waals surface area contributed by atoms with Crippen LogP contribution in [0.2, 0.25) is 0 Å². The van der Waals surface area contributed by atoms with Crippen molar-refractivity contribution in [1.29, 1.82) is 0 Å². The minimum absolute atomic E-state index is 0.102. The van der Waals surface area contributed by atoms with Crippen molar-refractivity contribution in [1.82, 2.24) is 9.88 Å². The highest BCUT2D eigenvalue weighted by Crippen LogP contribution is 2.21. The first-order chi connectivity index (χ1) is 12.0. The van der Waals surface area contributed by atoms with Crippen LogP contribution in [-0.2, 0) is 0 Å². The maximum Gasteiger partial charge on any atom is 0.325 e. The molecule has 1 aromatic heterocycles. The van der Waals surface area contributed by atoms with Crippen LogP contribution in [0.1, 0.15) is 30.3 Å². The molecular formula is C17H19FN4O2S. The zero-order chi connectivity index (χ0) is 17.8. The molecule has 2 N–H and O–H groups in total. The summed E-state index contributed by atoms with van der Waals surface area (Å²) in [4.78, 5) is 30.4. The highest BCUT2D eigenvalue weighted by Gasteiger charge is 2.23. The predicted octanol–water partition coefficient (Wildman–Crippen LogP) is 3.80. The summed E-state index contributed by atoms with van der Waals surface area (Å²) in [5, 5.41) is 7.15. The lowest BCUT2D eigenvalue weighted by atomic mass is 9.99. The van der Waals surface area contributed by atoms with E-state index in [4.69, 9.17) is 0 Å². The summed E-state index contributed by atoms with van der Waals surface area (Å²) in [6.07, 6.45) is 2.00. The average molecular weight is 362 g/mol. The molecule has 0 unspecified atom stereocenters. The van der Waals surface area contributed by atoms with Crippen molar-refractivity contribution in [3.05, 3.63) is 41.2 Å². The van der Waals surface area contributed by atoms with Gasteiger partial charge in [0.05, 0.1) is 0 Å². The van der Waals surface area contributed by atoms with E-state index in [1.165, 1.54) is 35.6 Å². The van der Waals surface area contributed by atoms with E-state index in [9.17, 15) is 14.0 Å². The molecule has 6 nitrogen and oxygen atoms in total. The van der Waals surface area contributed by atoms with Gasteiger partial charge in [0.15, 0.2) is 5.13 Å². The molecule has 25 heavy (non-hydrogen) atoms. The standard InChI is InChI=1S/C17H19FN4O2S/c1-11-6-8-22(9-7-11)15(23)14-10-25-17(20-14)21-16(24)19-13-4-2-12(18)3-5-13/h2-5,10-11H,6-9H2,1H3,(H2,19,20,21,24). The Morgan fingerprint density at radius 2 is 1.88 bits per heavy atom. The van der Waals surface area contributed by atoms with Gasteiger partial charge in [-0.15, -0.1) is 11.3 Å². The Labute approximate surface area is 149 Å². The van der Waals surface area contributed by atoms with Crippen molar-refractivity contribution < 1.29 is 14.0 Å². The third kappa shape index (κ3) is 4.54. The molecule has 0 spiro atoms.